The SMILES string of the molecule is C=C(C)C(=O)OC1CCC(Oc2ccc3cc(-c4ccc(CCCCC)cc4OC)n(CCCCC)c3c2)C1(C)C. The summed E-state index contributed by atoms with van der Waals surface area (Å²) >= 11 is 0. The number of carbonyl (C=O) groups is 1. The summed E-state index contributed by atoms with van der Waals surface area (Å²) in [4.78, 5) is 12.2. The standard InChI is InChI=1S/C36H49NO4/c1-8-10-12-14-26-15-18-29(32(22-26)39-7)31-23-27-16-17-28(24-30(27)37(31)21-13-11-9-2)40-33-19-20-34(36(33,5)6)41-35(38)25(3)4/h15-18,22-24,33-34H,3,8-14,19-21H2,1-2,4-7H3. The van der Waals surface area contributed by atoms with Crippen molar-refractivity contribution in [1.82, 2.24) is 4.57 Å². The second-order valence-corrected chi connectivity index (χ2v) is 12.3. The highest BCUT2D eigenvalue weighted by atomic mass is 16.6. The molecule has 3 aromatic rings. The van der Waals surface area contributed by atoms with Crippen LogP contribution in [0.1, 0.15) is 91.5 Å². The number of hydrogen-bond acceptors (Lipinski definition) is 4. The highest BCUT2D eigenvalue weighted by Gasteiger charge is 2.47. The van der Waals surface area contributed by atoms with Gasteiger partial charge in [0, 0.05) is 34.5 Å². The number of ether oxygens (including phenoxy) is 3. The summed E-state index contributed by atoms with van der Waals surface area (Å²) < 4.78 is 20.8. The molecule has 1 heterocycles. The number of unbranched alkanes of at least 4 members (excludes halogenated alkanes) is 4. The Hall–Kier alpha value is -3.21. The maximum atomic E-state index is 12.2. The molecule has 2 atom stereocenters. The predicted molar refractivity (Wildman–Crippen MR) is 169 cm³/mol. The van der Waals surface area contributed by atoms with Gasteiger partial charge in [-0.15, -0.1) is 0 Å². The first kappa shape index (κ1) is 30.7. The molecular weight excluding hydrogens is 510 g/mol. The highest BCUT2D eigenvalue weighted by Crippen LogP contribution is 2.43. The molecule has 222 valence electrons. The molecular formula is C36H49NO4. The van der Waals surface area contributed by atoms with Crippen molar-refractivity contribution in [3.63, 3.8) is 0 Å². The topological polar surface area (TPSA) is 49.7 Å². The van der Waals surface area contributed by atoms with Gasteiger partial charge in [-0.25, -0.2) is 4.79 Å². The van der Waals surface area contributed by atoms with Crippen LogP contribution in [-0.4, -0.2) is 29.9 Å². The molecule has 41 heavy (non-hydrogen) atoms. The fourth-order valence-electron chi connectivity index (χ4n) is 6.04. The average molecular weight is 560 g/mol. The van der Waals surface area contributed by atoms with E-state index >= 15 is 0 Å². The maximum absolute atomic E-state index is 12.2. The summed E-state index contributed by atoms with van der Waals surface area (Å²) in [7, 11) is 1.77. The van der Waals surface area contributed by atoms with Crippen LogP contribution in [0, 0.1) is 5.41 Å². The number of benzene rings is 2. The van der Waals surface area contributed by atoms with Gasteiger partial charge in [0.25, 0.3) is 0 Å². The lowest BCUT2D eigenvalue weighted by molar-refractivity contribution is -0.150. The van der Waals surface area contributed by atoms with Crippen molar-refractivity contribution in [3.05, 3.63) is 60.2 Å². The number of hydrogen-bond donors (Lipinski definition) is 0. The summed E-state index contributed by atoms with van der Waals surface area (Å²) in [6.07, 6.45) is 9.60. The van der Waals surface area contributed by atoms with E-state index in [-0.39, 0.29) is 23.6 Å². The van der Waals surface area contributed by atoms with E-state index in [1.807, 2.05) is 0 Å². The Morgan fingerprint density at radius 2 is 1.71 bits per heavy atom. The molecule has 0 amide bonds. The number of aryl methyl sites for hydroxylation is 2. The van der Waals surface area contributed by atoms with Gasteiger partial charge < -0.3 is 18.8 Å². The van der Waals surface area contributed by atoms with E-state index < -0.39 is 0 Å². The average Bonchev–Trinajstić information content (AvgIpc) is 3.44. The molecule has 0 spiro atoms. The lowest BCUT2D eigenvalue weighted by atomic mass is 9.86. The van der Waals surface area contributed by atoms with Gasteiger partial charge in [0.1, 0.15) is 23.7 Å². The van der Waals surface area contributed by atoms with Crippen molar-refractivity contribution < 1.29 is 19.0 Å². The van der Waals surface area contributed by atoms with Gasteiger partial charge >= 0.3 is 5.97 Å². The fraction of sp³-hybridized carbons (Fsp3) is 0.528. The highest BCUT2D eigenvalue weighted by molar-refractivity contribution is 5.89. The van der Waals surface area contributed by atoms with Gasteiger partial charge in [-0.05, 0) is 74.9 Å². The van der Waals surface area contributed by atoms with Crippen molar-refractivity contribution >= 4 is 16.9 Å². The van der Waals surface area contributed by atoms with Gasteiger partial charge in [0.2, 0.25) is 0 Å². The Balaban J connectivity index is 1.65. The second kappa shape index (κ2) is 13.6. The third-order valence-electron chi connectivity index (χ3n) is 8.70. The van der Waals surface area contributed by atoms with E-state index in [9.17, 15) is 4.79 Å². The number of esters is 1. The molecule has 1 saturated carbocycles. The van der Waals surface area contributed by atoms with Crippen LogP contribution in [0.4, 0.5) is 0 Å². The van der Waals surface area contributed by atoms with Gasteiger partial charge in [-0.3, -0.25) is 0 Å². The van der Waals surface area contributed by atoms with E-state index in [1.54, 1.807) is 14.0 Å². The second-order valence-electron chi connectivity index (χ2n) is 12.3. The first-order valence-corrected chi connectivity index (χ1v) is 15.5. The normalized spacial score (nSPS) is 18.0. The Bertz CT molecular complexity index is 1350. The van der Waals surface area contributed by atoms with Crippen molar-refractivity contribution in [3.8, 4) is 22.8 Å². The fourth-order valence-corrected chi connectivity index (χ4v) is 6.04. The van der Waals surface area contributed by atoms with Gasteiger partial charge in [0.05, 0.1) is 18.3 Å². The number of aromatic nitrogens is 1. The van der Waals surface area contributed by atoms with Crippen LogP contribution >= 0.6 is 0 Å². The van der Waals surface area contributed by atoms with Crippen molar-refractivity contribution in [2.24, 2.45) is 5.41 Å². The largest absolute Gasteiger partial charge is 0.496 e. The Morgan fingerprint density at radius 3 is 2.41 bits per heavy atom. The molecule has 5 heteroatoms. The van der Waals surface area contributed by atoms with E-state index in [4.69, 9.17) is 14.2 Å². The lowest BCUT2D eigenvalue weighted by Gasteiger charge is -2.32. The van der Waals surface area contributed by atoms with Gasteiger partial charge in [-0.1, -0.05) is 66.0 Å². The molecule has 0 radical (unpaired) electrons. The summed E-state index contributed by atoms with van der Waals surface area (Å²) in [6.45, 7) is 15.1. The minimum absolute atomic E-state index is 0.0498. The quantitative estimate of drug-likeness (QED) is 0.112. The summed E-state index contributed by atoms with van der Waals surface area (Å²) in [5.74, 6) is 1.45. The van der Waals surface area contributed by atoms with Crippen LogP contribution in [0.25, 0.3) is 22.2 Å². The predicted octanol–water partition coefficient (Wildman–Crippen LogP) is 9.30. The third kappa shape index (κ3) is 6.99. The Labute approximate surface area is 246 Å². The molecule has 0 aliphatic heterocycles. The van der Waals surface area contributed by atoms with Crippen molar-refractivity contribution in [2.75, 3.05) is 7.11 Å². The van der Waals surface area contributed by atoms with Crippen LogP contribution in [0.3, 0.4) is 0 Å². The molecule has 0 bridgehead atoms. The van der Waals surface area contributed by atoms with E-state index in [0.717, 1.165) is 49.3 Å². The zero-order valence-corrected chi connectivity index (χ0v) is 26.1. The molecule has 1 aromatic heterocycles. The van der Waals surface area contributed by atoms with E-state index in [1.165, 1.54) is 54.3 Å². The Morgan fingerprint density at radius 1 is 0.976 bits per heavy atom. The van der Waals surface area contributed by atoms with Gasteiger partial charge in [0.15, 0.2) is 0 Å². The molecule has 2 aromatic carbocycles. The van der Waals surface area contributed by atoms with E-state index in [2.05, 4.69) is 81.3 Å². The summed E-state index contributed by atoms with van der Waals surface area (Å²) in [5, 5.41) is 1.19. The zero-order chi connectivity index (χ0) is 29.6. The van der Waals surface area contributed by atoms with Crippen LogP contribution in [0.2, 0.25) is 0 Å². The molecule has 5 nitrogen and oxygen atoms in total. The maximum Gasteiger partial charge on any atom is 0.333 e. The summed E-state index contributed by atoms with van der Waals surface area (Å²) in [6, 6.07) is 15.4. The van der Waals surface area contributed by atoms with Crippen molar-refractivity contribution in [2.45, 2.75) is 111 Å². The molecule has 0 N–H and O–H groups in total. The molecule has 0 saturated heterocycles. The molecule has 1 fully saturated rings. The van der Waals surface area contributed by atoms with E-state index in [0.29, 0.717) is 5.57 Å². The van der Waals surface area contributed by atoms with Crippen LogP contribution < -0.4 is 9.47 Å². The number of nitrogens with zero attached hydrogens (tertiary/aromatic N) is 1. The number of rotatable bonds is 14. The van der Waals surface area contributed by atoms with Gasteiger partial charge in [-0.2, -0.15) is 0 Å². The molecule has 1 aliphatic carbocycles. The molecule has 2 unspecified atom stereocenters. The minimum Gasteiger partial charge on any atom is -0.496 e. The number of carbonyl (C=O) groups excluding carboxylic acids is 1. The third-order valence-corrected chi connectivity index (χ3v) is 8.70. The summed E-state index contributed by atoms with van der Waals surface area (Å²) in [5.41, 5.74) is 4.93. The number of methoxy groups -OCH3 is 1. The van der Waals surface area contributed by atoms with Crippen LogP contribution in [0.15, 0.2) is 54.6 Å². The zero-order valence-electron chi connectivity index (χ0n) is 26.1. The first-order valence-electron chi connectivity index (χ1n) is 15.5. The van der Waals surface area contributed by atoms with Crippen LogP contribution in [0.5, 0.6) is 11.5 Å². The lowest BCUT2D eigenvalue weighted by Crippen LogP contribution is -2.38. The first-order chi connectivity index (χ1) is 19.7. The minimum atomic E-state index is -0.327. The van der Waals surface area contributed by atoms with Crippen LogP contribution in [-0.2, 0) is 22.5 Å². The molecule has 4 rings (SSSR count). The Kier molecular flexibility index (Phi) is 10.2. The number of fused-ring (bicyclic) bond motifs is 1. The molecule has 1 aliphatic rings. The monoisotopic (exact) mass is 559 g/mol. The van der Waals surface area contributed by atoms with Crippen molar-refractivity contribution in [1.29, 1.82) is 0 Å². The smallest absolute Gasteiger partial charge is 0.333 e.